The molecule has 0 aliphatic heterocycles. The summed E-state index contributed by atoms with van der Waals surface area (Å²) in [6.45, 7) is 5.16. The molecule has 0 fully saturated rings. The third-order valence-corrected chi connectivity index (χ3v) is 4.01. The van der Waals surface area contributed by atoms with Gasteiger partial charge in [0.05, 0.1) is 17.3 Å². The molecule has 0 aliphatic rings. The van der Waals surface area contributed by atoms with Crippen LogP contribution in [-0.2, 0) is 9.53 Å². The zero-order valence-corrected chi connectivity index (χ0v) is 17.9. The number of nitrogens with one attached hydrogen (secondary N) is 3. The Kier molecular flexibility index (Phi) is 8.25. The normalized spacial score (nSPS) is 11.0. The molecule has 2 amide bonds. The van der Waals surface area contributed by atoms with Crippen LogP contribution in [0.25, 0.3) is 0 Å². The van der Waals surface area contributed by atoms with Gasteiger partial charge in [0.25, 0.3) is 11.5 Å². The van der Waals surface area contributed by atoms with E-state index in [0.717, 1.165) is 6.07 Å². The summed E-state index contributed by atoms with van der Waals surface area (Å²) in [6, 6.07) is 4.95. The fraction of sp³-hybridized carbons (Fsp3) is 0.263. The molecule has 3 N–H and O–H groups in total. The molecule has 1 aromatic carbocycles. The number of rotatable bonds is 7. The van der Waals surface area contributed by atoms with Gasteiger partial charge in [-0.15, -0.1) is 5.10 Å². The molecule has 168 valence electrons. The maximum atomic E-state index is 14.6. The lowest BCUT2D eigenvalue weighted by molar-refractivity contribution is -0.114. The predicted octanol–water partition coefficient (Wildman–Crippen LogP) is 3.04. The summed E-state index contributed by atoms with van der Waals surface area (Å²) >= 11 is 6.10. The third-order valence-electron chi connectivity index (χ3n) is 3.73. The number of carbonyl (C=O) groups is 2. The number of amides is 2. The molecule has 32 heavy (non-hydrogen) atoms. The summed E-state index contributed by atoms with van der Waals surface area (Å²) in [7, 11) is 0. The van der Waals surface area contributed by atoms with Gasteiger partial charge in [-0.25, -0.2) is 14.3 Å². The minimum Gasteiger partial charge on any atom is -0.450 e. The lowest BCUT2D eigenvalue weighted by Gasteiger charge is -2.13. The number of hydrogen-bond donors (Lipinski definition) is 3. The van der Waals surface area contributed by atoms with Crippen LogP contribution in [0.1, 0.15) is 32.3 Å². The summed E-state index contributed by atoms with van der Waals surface area (Å²) < 4.78 is 24.6. The van der Waals surface area contributed by atoms with Crippen molar-refractivity contribution in [3.8, 4) is 17.7 Å². The Balaban J connectivity index is 2.24. The van der Waals surface area contributed by atoms with Crippen molar-refractivity contribution in [3.05, 3.63) is 45.0 Å². The topological polar surface area (TPSA) is 159 Å². The van der Waals surface area contributed by atoms with Gasteiger partial charge in [0.2, 0.25) is 11.6 Å². The van der Waals surface area contributed by atoms with E-state index in [1.165, 1.54) is 25.1 Å². The fourth-order valence-corrected chi connectivity index (χ4v) is 2.53. The molecule has 1 aromatic heterocycles. The minimum atomic E-state index is -1.12. The van der Waals surface area contributed by atoms with Crippen molar-refractivity contribution >= 4 is 35.0 Å². The van der Waals surface area contributed by atoms with E-state index in [0.29, 0.717) is 5.56 Å². The Morgan fingerprint density at radius 2 is 2.09 bits per heavy atom. The third kappa shape index (κ3) is 6.26. The molecule has 0 aliphatic carbocycles. The molecule has 2 aromatic rings. The number of benzene rings is 1. The number of carbonyl (C=O) groups excluding carboxylic acids is 2. The molecule has 0 bridgehead atoms. The van der Waals surface area contributed by atoms with Gasteiger partial charge in [-0.2, -0.15) is 10.4 Å². The van der Waals surface area contributed by atoms with Gasteiger partial charge in [0.1, 0.15) is 6.07 Å². The zero-order valence-electron chi connectivity index (χ0n) is 17.2. The van der Waals surface area contributed by atoms with Crippen molar-refractivity contribution in [2.45, 2.75) is 26.7 Å². The molecule has 11 nitrogen and oxygen atoms in total. The Hall–Kier alpha value is -3.98. The predicted molar refractivity (Wildman–Crippen MR) is 112 cm³/mol. The summed E-state index contributed by atoms with van der Waals surface area (Å²) in [4.78, 5) is 34.6. The lowest BCUT2D eigenvalue weighted by Crippen LogP contribution is -2.36. The van der Waals surface area contributed by atoms with Crippen LogP contribution in [0.2, 0.25) is 5.02 Å². The number of aromatic nitrogens is 2. The van der Waals surface area contributed by atoms with Crippen molar-refractivity contribution in [1.29, 1.82) is 5.26 Å². The van der Waals surface area contributed by atoms with Gasteiger partial charge in [0.15, 0.2) is 11.6 Å². The number of nitrogens with zero attached hydrogens (tertiary/aromatic N) is 3. The summed E-state index contributed by atoms with van der Waals surface area (Å²) in [5.74, 6) is -2.55. The van der Waals surface area contributed by atoms with Crippen molar-refractivity contribution in [1.82, 2.24) is 15.5 Å². The number of ether oxygens (including phenoxy) is 2. The Morgan fingerprint density at radius 3 is 2.69 bits per heavy atom. The van der Waals surface area contributed by atoms with Crippen LogP contribution in [0.15, 0.2) is 28.1 Å². The Labute approximate surface area is 186 Å². The number of H-pyrrole nitrogens is 1. The molecule has 0 radical (unpaired) electrons. The molecule has 0 atom stereocenters. The zero-order chi connectivity index (χ0) is 23.8. The van der Waals surface area contributed by atoms with E-state index in [-0.39, 0.29) is 34.9 Å². The maximum absolute atomic E-state index is 14.6. The number of nitriles is 1. The molecular formula is C19H18ClFN6O5. The highest BCUT2D eigenvalue weighted by molar-refractivity contribution is 6.46. The number of alkyl carbamates (subject to hydrolysis) is 1. The lowest BCUT2D eigenvalue weighted by atomic mass is 10.1. The monoisotopic (exact) mass is 464 g/mol. The van der Waals surface area contributed by atoms with Crippen LogP contribution < -0.4 is 21.0 Å². The van der Waals surface area contributed by atoms with Gasteiger partial charge in [-0.1, -0.05) is 25.4 Å². The smallest absolute Gasteiger partial charge is 0.414 e. The number of aromatic amines is 1. The average Bonchev–Trinajstić information content (AvgIpc) is 2.72. The SMILES string of the molecule is CCOC(=O)NC(=O)/C(C#N)=N\Nc1cc(F)c(Oc2n[nH]c(=O)cc2C(C)C)c(Cl)c1. The highest BCUT2D eigenvalue weighted by Gasteiger charge is 2.18. The quantitative estimate of drug-likeness (QED) is 0.416. The van der Waals surface area contributed by atoms with Crippen LogP contribution >= 0.6 is 11.6 Å². The standard InChI is InChI=1S/C19H18ClFN6O5/c1-4-31-19(30)23-17(29)14(8-22)25-24-10-5-12(20)16(13(21)6-10)32-18-11(9(2)3)7-15(28)26-27-18/h5-7,9,24H,4H2,1-3H3,(H,26,28)(H,23,29,30)/b25-14-. The molecule has 1 heterocycles. The highest BCUT2D eigenvalue weighted by Crippen LogP contribution is 2.36. The molecule has 0 saturated carbocycles. The van der Waals surface area contributed by atoms with Crippen LogP contribution in [0.3, 0.4) is 0 Å². The van der Waals surface area contributed by atoms with Crippen molar-refractivity contribution in [2.24, 2.45) is 5.10 Å². The first-order chi connectivity index (χ1) is 15.2. The molecule has 0 saturated heterocycles. The number of hydrogen-bond acceptors (Lipinski definition) is 9. The van der Waals surface area contributed by atoms with Crippen LogP contribution in [0, 0.1) is 17.1 Å². The molecule has 2 rings (SSSR count). The van der Waals surface area contributed by atoms with Gasteiger partial charge in [0, 0.05) is 17.7 Å². The second kappa shape index (κ2) is 10.9. The first-order valence-electron chi connectivity index (χ1n) is 9.14. The largest absolute Gasteiger partial charge is 0.450 e. The van der Waals surface area contributed by atoms with E-state index in [2.05, 4.69) is 25.5 Å². The molecule has 0 unspecified atom stereocenters. The number of hydrazone groups is 1. The first-order valence-corrected chi connectivity index (χ1v) is 9.52. The van der Waals surface area contributed by atoms with Crippen LogP contribution in [0.5, 0.6) is 11.6 Å². The van der Waals surface area contributed by atoms with Crippen molar-refractivity contribution in [2.75, 3.05) is 12.0 Å². The van der Waals surface area contributed by atoms with Gasteiger partial charge in [-0.05, 0) is 18.9 Å². The number of halogens is 2. The summed E-state index contributed by atoms with van der Waals surface area (Å²) in [5, 5.41) is 20.2. The second-order valence-electron chi connectivity index (χ2n) is 6.38. The molecule has 0 spiro atoms. The summed E-state index contributed by atoms with van der Waals surface area (Å²) in [5.41, 5.74) is 1.58. The Bertz CT molecular complexity index is 1130. The fourth-order valence-electron chi connectivity index (χ4n) is 2.29. The van der Waals surface area contributed by atoms with Crippen LogP contribution in [-0.4, -0.2) is 34.5 Å². The van der Waals surface area contributed by atoms with Gasteiger partial charge < -0.3 is 9.47 Å². The second-order valence-corrected chi connectivity index (χ2v) is 6.78. The highest BCUT2D eigenvalue weighted by atomic mass is 35.5. The van der Waals surface area contributed by atoms with Crippen molar-refractivity contribution < 1.29 is 23.5 Å². The van der Waals surface area contributed by atoms with E-state index in [9.17, 15) is 18.8 Å². The van der Waals surface area contributed by atoms with E-state index in [1.54, 1.807) is 19.2 Å². The van der Waals surface area contributed by atoms with Crippen molar-refractivity contribution in [3.63, 3.8) is 0 Å². The first kappa shape index (κ1) is 24.3. The molecule has 13 heteroatoms. The molecular weight excluding hydrogens is 447 g/mol. The van der Waals surface area contributed by atoms with E-state index in [1.807, 2.05) is 0 Å². The summed E-state index contributed by atoms with van der Waals surface area (Å²) in [6.07, 6.45) is -1.05. The Morgan fingerprint density at radius 1 is 1.38 bits per heavy atom. The number of imide groups is 1. The maximum Gasteiger partial charge on any atom is 0.414 e. The van der Waals surface area contributed by atoms with Crippen LogP contribution in [0.4, 0.5) is 14.9 Å². The number of anilines is 1. The van der Waals surface area contributed by atoms with Gasteiger partial charge in [-0.3, -0.25) is 20.3 Å². The van der Waals surface area contributed by atoms with E-state index < -0.39 is 29.1 Å². The van der Waals surface area contributed by atoms with E-state index in [4.69, 9.17) is 21.6 Å². The van der Waals surface area contributed by atoms with E-state index >= 15 is 0 Å². The minimum absolute atomic E-state index is 0.0185. The van der Waals surface area contributed by atoms with Gasteiger partial charge >= 0.3 is 6.09 Å². The average molecular weight is 465 g/mol.